The Morgan fingerprint density at radius 2 is 1.90 bits per heavy atom. The van der Waals surface area contributed by atoms with E-state index in [2.05, 4.69) is 15.2 Å². The van der Waals surface area contributed by atoms with Crippen molar-refractivity contribution in [2.75, 3.05) is 25.4 Å². The highest BCUT2D eigenvalue weighted by atomic mass is 32.2. The number of fused-ring (bicyclic) bond motifs is 2. The van der Waals surface area contributed by atoms with Gasteiger partial charge in [-0.2, -0.15) is 13.2 Å². The maximum Gasteiger partial charge on any atom is 0.433 e. The number of aromatic nitrogens is 1. The highest BCUT2D eigenvalue weighted by Gasteiger charge is 2.43. The molecule has 0 saturated carbocycles. The quantitative estimate of drug-likeness (QED) is 0.388. The van der Waals surface area contributed by atoms with Crippen LogP contribution >= 0.6 is 11.3 Å². The van der Waals surface area contributed by atoms with Crippen LogP contribution in [-0.2, 0) is 46.8 Å². The summed E-state index contributed by atoms with van der Waals surface area (Å²) in [6, 6.07) is 12.0. The topological polar surface area (TPSA) is 71.5 Å². The summed E-state index contributed by atoms with van der Waals surface area (Å²) in [6.07, 6.45) is -2.19. The Hall–Kier alpha value is -2.60. The molecule has 0 aliphatic carbocycles. The van der Waals surface area contributed by atoms with Crippen molar-refractivity contribution in [3.05, 3.63) is 80.3 Å². The molecule has 1 spiro atoms. The molecule has 40 heavy (non-hydrogen) atoms. The lowest BCUT2D eigenvalue weighted by molar-refractivity contribution is -0.141. The number of benzene rings is 1. The van der Waals surface area contributed by atoms with Crippen molar-refractivity contribution in [1.82, 2.24) is 15.2 Å². The van der Waals surface area contributed by atoms with E-state index in [1.807, 2.05) is 37.3 Å². The monoisotopic (exact) mass is 591 g/mol. The molecule has 1 unspecified atom stereocenters. The van der Waals surface area contributed by atoms with Gasteiger partial charge in [0, 0.05) is 47.4 Å². The van der Waals surface area contributed by atoms with Gasteiger partial charge in [-0.15, -0.1) is 11.3 Å². The average Bonchev–Trinajstić information content (AvgIpc) is 3.40. The van der Waals surface area contributed by atoms with Crippen LogP contribution in [0.25, 0.3) is 0 Å². The summed E-state index contributed by atoms with van der Waals surface area (Å²) in [5.74, 6) is 0.442. The van der Waals surface area contributed by atoms with E-state index < -0.39 is 28.3 Å². The minimum atomic E-state index is -4.45. The van der Waals surface area contributed by atoms with Crippen molar-refractivity contribution in [2.24, 2.45) is 0 Å². The van der Waals surface area contributed by atoms with Crippen molar-refractivity contribution >= 4 is 28.0 Å². The van der Waals surface area contributed by atoms with Crippen LogP contribution < -0.4 is 5.32 Å². The molecule has 2 aromatic heterocycles. The SMILES string of the molecule is CCS(=O)c1ccc(CNC(=O)c2cc3c(s2)C2(CCN(Cc4ccc(C(F)(F)F)nc4C)CC2)OCC3)cc1. The standard InChI is InChI=1S/C29H32F3N3O3S2/c1-3-40(37)23-7-4-20(5-8-23)17-33-27(36)24-16-21-10-15-38-28(26(21)39-24)11-13-35(14-12-28)18-22-6-9-25(29(30,31)32)34-19(22)2/h4-9,16H,3,10-15,17-18H2,1-2H3,(H,33,36). The maximum absolute atomic E-state index is 13.0. The van der Waals surface area contributed by atoms with Crippen molar-refractivity contribution in [3.8, 4) is 0 Å². The first kappa shape index (κ1) is 28.9. The first-order valence-corrected chi connectivity index (χ1v) is 15.5. The van der Waals surface area contributed by atoms with E-state index in [1.54, 1.807) is 6.92 Å². The van der Waals surface area contributed by atoms with Crippen LogP contribution in [-0.4, -0.2) is 45.4 Å². The molecule has 0 bridgehead atoms. The van der Waals surface area contributed by atoms with Crippen LogP contribution in [0.15, 0.2) is 47.4 Å². The second-order valence-corrected chi connectivity index (χ2v) is 13.0. The molecule has 1 N–H and O–H groups in total. The highest BCUT2D eigenvalue weighted by molar-refractivity contribution is 7.85. The third-order valence-electron chi connectivity index (χ3n) is 7.64. The third kappa shape index (κ3) is 6.17. The van der Waals surface area contributed by atoms with Crippen molar-refractivity contribution < 1.29 is 26.9 Å². The lowest BCUT2D eigenvalue weighted by atomic mass is 9.85. The second kappa shape index (κ2) is 11.7. The molecule has 3 aromatic rings. The largest absolute Gasteiger partial charge is 0.433 e. The first-order chi connectivity index (χ1) is 19.1. The summed E-state index contributed by atoms with van der Waals surface area (Å²) in [5, 5.41) is 3.00. The minimum absolute atomic E-state index is 0.126. The number of pyridine rings is 1. The van der Waals surface area contributed by atoms with Gasteiger partial charge in [-0.05, 0) is 67.1 Å². The number of hydrogen-bond donors (Lipinski definition) is 1. The number of nitrogens with zero attached hydrogens (tertiary/aromatic N) is 2. The molecular formula is C29H32F3N3O3S2. The number of carbonyl (C=O) groups excluding carboxylic acids is 1. The fourth-order valence-corrected chi connectivity index (χ4v) is 7.43. The number of carbonyl (C=O) groups is 1. The molecule has 214 valence electrons. The smallest absolute Gasteiger partial charge is 0.369 e. The van der Waals surface area contributed by atoms with E-state index in [0.717, 1.165) is 64.9 Å². The molecule has 1 saturated heterocycles. The number of alkyl halides is 3. The Balaban J connectivity index is 1.21. The number of nitrogens with one attached hydrogen (secondary N) is 1. The van der Waals surface area contributed by atoms with Gasteiger partial charge in [0.1, 0.15) is 11.3 Å². The molecule has 11 heteroatoms. The maximum atomic E-state index is 13.0. The highest BCUT2D eigenvalue weighted by Crippen LogP contribution is 2.45. The van der Waals surface area contributed by atoms with Gasteiger partial charge in [0.2, 0.25) is 0 Å². The number of ether oxygens (including phenoxy) is 1. The molecule has 5 rings (SSSR count). The Bertz CT molecular complexity index is 1400. The van der Waals surface area contributed by atoms with Crippen LogP contribution in [0.2, 0.25) is 0 Å². The zero-order valence-corrected chi connectivity index (χ0v) is 24.1. The zero-order valence-electron chi connectivity index (χ0n) is 22.5. The Labute approximate surface area is 238 Å². The number of piperidine rings is 1. The van der Waals surface area contributed by atoms with Gasteiger partial charge in [0.15, 0.2) is 0 Å². The van der Waals surface area contributed by atoms with Crippen LogP contribution in [0.3, 0.4) is 0 Å². The lowest BCUT2D eigenvalue weighted by Crippen LogP contribution is -2.45. The van der Waals surface area contributed by atoms with E-state index in [9.17, 15) is 22.2 Å². The minimum Gasteiger partial charge on any atom is -0.369 e. The van der Waals surface area contributed by atoms with Gasteiger partial charge >= 0.3 is 6.18 Å². The van der Waals surface area contributed by atoms with Gasteiger partial charge in [-0.25, -0.2) is 4.98 Å². The van der Waals surface area contributed by atoms with Crippen molar-refractivity contribution in [1.29, 1.82) is 0 Å². The molecule has 1 aromatic carbocycles. The number of amides is 1. The Morgan fingerprint density at radius 3 is 2.55 bits per heavy atom. The number of rotatable bonds is 7. The van der Waals surface area contributed by atoms with Crippen LogP contribution in [0.5, 0.6) is 0 Å². The van der Waals surface area contributed by atoms with Crippen molar-refractivity contribution in [3.63, 3.8) is 0 Å². The predicted octanol–water partition coefficient (Wildman–Crippen LogP) is 5.59. The third-order valence-corrected chi connectivity index (χ3v) is 10.3. The van der Waals surface area contributed by atoms with Gasteiger partial charge in [-0.3, -0.25) is 13.9 Å². The summed E-state index contributed by atoms with van der Waals surface area (Å²) in [5.41, 5.74) is 1.98. The Morgan fingerprint density at radius 1 is 1.18 bits per heavy atom. The van der Waals surface area contributed by atoms with Gasteiger partial charge in [0.05, 0.1) is 22.3 Å². The summed E-state index contributed by atoms with van der Waals surface area (Å²) in [7, 11) is -1.00. The predicted molar refractivity (Wildman–Crippen MR) is 149 cm³/mol. The number of thiophene rings is 1. The van der Waals surface area contributed by atoms with Crippen molar-refractivity contribution in [2.45, 2.75) is 62.9 Å². The summed E-state index contributed by atoms with van der Waals surface area (Å²) in [6.45, 7) is 6.48. The summed E-state index contributed by atoms with van der Waals surface area (Å²) >= 11 is 1.49. The van der Waals surface area contributed by atoms with Gasteiger partial charge in [-0.1, -0.05) is 25.1 Å². The normalized spacial score (nSPS) is 17.9. The molecule has 2 aliphatic heterocycles. The van der Waals surface area contributed by atoms with E-state index in [1.165, 1.54) is 17.4 Å². The Kier molecular flexibility index (Phi) is 8.47. The van der Waals surface area contributed by atoms with E-state index in [4.69, 9.17) is 4.74 Å². The molecule has 1 atom stereocenters. The van der Waals surface area contributed by atoms with Crippen LogP contribution in [0, 0.1) is 6.92 Å². The van der Waals surface area contributed by atoms with Gasteiger partial charge in [0.25, 0.3) is 5.91 Å². The molecule has 6 nitrogen and oxygen atoms in total. The molecule has 0 radical (unpaired) electrons. The van der Waals surface area contributed by atoms with Crippen LogP contribution in [0.4, 0.5) is 13.2 Å². The summed E-state index contributed by atoms with van der Waals surface area (Å²) < 4.78 is 57.3. The average molecular weight is 592 g/mol. The van der Waals surface area contributed by atoms with E-state index in [0.29, 0.717) is 36.0 Å². The van der Waals surface area contributed by atoms with E-state index >= 15 is 0 Å². The first-order valence-electron chi connectivity index (χ1n) is 13.4. The molecular weight excluding hydrogens is 559 g/mol. The van der Waals surface area contributed by atoms with E-state index in [-0.39, 0.29) is 5.91 Å². The van der Waals surface area contributed by atoms with Crippen LogP contribution in [0.1, 0.15) is 62.4 Å². The second-order valence-electron chi connectivity index (χ2n) is 10.2. The number of likely N-dealkylation sites (tertiary alicyclic amines) is 1. The number of halogens is 3. The van der Waals surface area contributed by atoms with Gasteiger partial charge < -0.3 is 10.1 Å². The number of hydrogen-bond acceptors (Lipinski definition) is 6. The number of aryl methyl sites for hydroxylation is 1. The molecule has 1 amide bonds. The lowest BCUT2D eigenvalue weighted by Gasteiger charge is -2.43. The zero-order chi connectivity index (χ0) is 28.5. The molecule has 4 heterocycles. The fraction of sp³-hybridized carbons (Fsp3) is 0.448. The molecule has 2 aliphatic rings. The molecule has 1 fully saturated rings. The summed E-state index contributed by atoms with van der Waals surface area (Å²) in [4.78, 5) is 21.6. The fourth-order valence-electron chi connectivity index (χ4n) is 5.33.